The van der Waals surface area contributed by atoms with Gasteiger partial charge in [0.15, 0.2) is 0 Å². The first kappa shape index (κ1) is 22.2. The predicted molar refractivity (Wildman–Crippen MR) is 112 cm³/mol. The van der Waals surface area contributed by atoms with Crippen molar-refractivity contribution in [1.29, 1.82) is 0 Å². The third kappa shape index (κ3) is 5.07. The highest BCUT2D eigenvalue weighted by Crippen LogP contribution is 2.42. The molecule has 1 aliphatic rings. The normalized spacial score (nSPS) is 13.1. The number of amides is 1. The van der Waals surface area contributed by atoms with E-state index in [0.717, 1.165) is 45.2 Å². The Morgan fingerprint density at radius 2 is 2.00 bits per heavy atom. The van der Waals surface area contributed by atoms with Gasteiger partial charge in [-0.15, -0.1) is 24.8 Å². The average Bonchev–Trinajstić information content (AvgIpc) is 3.35. The first-order valence-electron chi connectivity index (χ1n) is 8.14. The van der Waals surface area contributed by atoms with Crippen LogP contribution in [0.4, 0.5) is 0 Å². The fourth-order valence-electron chi connectivity index (χ4n) is 2.95. The molecule has 1 fully saturated rings. The lowest BCUT2D eigenvalue weighted by atomic mass is 9.98. The van der Waals surface area contributed by atoms with Gasteiger partial charge in [0.25, 0.3) is 5.91 Å². The topological polar surface area (TPSA) is 54.0 Å². The number of aromatic nitrogens is 1. The summed E-state index contributed by atoms with van der Waals surface area (Å²) in [5.41, 5.74) is 3.81. The number of benzene rings is 1. The number of halogens is 3. The number of nitrogens with zero attached hydrogens (tertiary/aromatic N) is 1. The van der Waals surface area contributed by atoms with Crippen molar-refractivity contribution >= 4 is 57.6 Å². The summed E-state index contributed by atoms with van der Waals surface area (Å²) in [7, 11) is 1.92. The molecule has 0 spiro atoms. The molecule has 0 saturated heterocycles. The van der Waals surface area contributed by atoms with Crippen molar-refractivity contribution < 1.29 is 4.79 Å². The lowest BCUT2D eigenvalue weighted by Gasteiger charge is -2.14. The van der Waals surface area contributed by atoms with Crippen LogP contribution in [0.5, 0.6) is 0 Å². The van der Waals surface area contributed by atoms with E-state index in [0.29, 0.717) is 12.5 Å². The SMILES string of the molecule is CNCCCNC(=O)c1c(C)c(C2CC2)nc2ccc(Br)cc12.Cl.Cl. The average molecular weight is 449 g/mol. The predicted octanol–water partition coefficient (Wildman–Crippen LogP) is 4.37. The van der Waals surface area contributed by atoms with Crippen LogP contribution in [0.2, 0.25) is 0 Å². The fraction of sp³-hybridized carbons (Fsp3) is 0.444. The second-order valence-electron chi connectivity index (χ2n) is 6.15. The molecule has 0 aliphatic heterocycles. The molecule has 0 radical (unpaired) electrons. The Morgan fingerprint density at radius 1 is 1.28 bits per heavy atom. The Hall–Kier alpha value is -0.880. The summed E-state index contributed by atoms with van der Waals surface area (Å²) in [4.78, 5) is 17.6. The van der Waals surface area contributed by atoms with Gasteiger partial charge in [-0.3, -0.25) is 9.78 Å². The minimum Gasteiger partial charge on any atom is -0.352 e. The summed E-state index contributed by atoms with van der Waals surface area (Å²) in [6.45, 7) is 3.61. The molecule has 1 saturated carbocycles. The molecule has 1 aliphatic carbocycles. The molecule has 3 rings (SSSR count). The Morgan fingerprint density at radius 3 is 2.64 bits per heavy atom. The molecule has 1 amide bonds. The van der Waals surface area contributed by atoms with Crippen LogP contribution in [0.3, 0.4) is 0 Å². The highest BCUT2D eigenvalue weighted by atomic mass is 79.9. The van der Waals surface area contributed by atoms with Crippen molar-refractivity contribution in [2.24, 2.45) is 0 Å². The van der Waals surface area contributed by atoms with Crippen LogP contribution in [-0.2, 0) is 0 Å². The Kier molecular flexibility index (Phi) is 8.61. The van der Waals surface area contributed by atoms with E-state index in [-0.39, 0.29) is 30.7 Å². The zero-order chi connectivity index (χ0) is 16.4. The van der Waals surface area contributed by atoms with Gasteiger partial charge in [0.1, 0.15) is 0 Å². The molecule has 1 aromatic carbocycles. The van der Waals surface area contributed by atoms with Gasteiger partial charge in [-0.2, -0.15) is 0 Å². The Labute approximate surface area is 169 Å². The van der Waals surface area contributed by atoms with E-state index in [2.05, 4.69) is 26.6 Å². The quantitative estimate of drug-likeness (QED) is 0.645. The van der Waals surface area contributed by atoms with Crippen LogP contribution < -0.4 is 10.6 Å². The number of hydrogen-bond acceptors (Lipinski definition) is 3. The second-order valence-corrected chi connectivity index (χ2v) is 7.06. The van der Waals surface area contributed by atoms with E-state index in [9.17, 15) is 4.79 Å². The van der Waals surface area contributed by atoms with Gasteiger partial charge in [0, 0.05) is 28.0 Å². The van der Waals surface area contributed by atoms with Crippen molar-refractivity contribution in [1.82, 2.24) is 15.6 Å². The summed E-state index contributed by atoms with van der Waals surface area (Å²) < 4.78 is 0.967. The summed E-state index contributed by atoms with van der Waals surface area (Å²) in [5.74, 6) is 0.532. The molecule has 0 bridgehead atoms. The maximum atomic E-state index is 12.8. The minimum atomic E-state index is 0. The van der Waals surface area contributed by atoms with Crippen LogP contribution in [0.25, 0.3) is 10.9 Å². The van der Waals surface area contributed by atoms with E-state index in [1.54, 1.807) is 0 Å². The van der Waals surface area contributed by atoms with Crippen molar-refractivity contribution in [3.05, 3.63) is 39.5 Å². The van der Waals surface area contributed by atoms with Crippen LogP contribution in [0, 0.1) is 6.92 Å². The number of pyridine rings is 1. The standard InChI is InChI=1S/C18H22BrN3O.2ClH/c1-11-16(18(23)21-9-3-8-20-2)14-10-13(19)6-7-15(14)22-17(11)12-4-5-12;;/h6-7,10,12,20H,3-5,8-9H2,1-2H3,(H,21,23);2*1H. The molecule has 7 heteroatoms. The number of carbonyl (C=O) groups excluding carboxylic acids is 1. The molecule has 4 nitrogen and oxygen atoms in total. The van der Waals surface area contributed by atoms with E-state index in [1.165, 1.54) is 12.8 Å². The van der Waals surface area contributed by atoms with Gasteiger partial charge in [0.2, 0.25) is 0 Å². The van der Waals surface area contributed by atoms with Crippen LogP contribution in [0.15, 0.2) is 22.7 Å². The molecule has 0 unspecified atom stereocenters. The highest BCUT2D eigenvalue weighted by molar-refractivity contribution is 9.10. The maximum Gasteiger partial charge on any atom is 0.252 e. The van der Waals surface area contributed by atoms with Crippen molar-refractivity contribution in [3.63, 3.8) is 0 Å². The lowest BCUT2D eigenvalue weighted by molar-refractivity contribution is 0.0954. The number of carbonyl (C=O) groups is 1. The molecular weight excluding hydrogens is 425 g/mol. The first-order chi connectivity index (χ1) is 11.1. The van der Waals surface area contributed by atoms with E-state index < -0.39 is 0 Å². The second kappa shape index (κ2) is 9.72. The number of fused-ring (bicyclic) bond motifs is 1. The molecule has 1 heterocycles. The lowest BCUT2D eigenvalue weighted by Crippen LogP contribution is -2.27. The Balaban J connectivity index is 0.00000156. The third-order valence-electron chi connectivity index (χ3n) is 4.31. The van der Waals surface area contributed by atoms with Crippen LogP contribution >= 0.6 is 40.7 Å². The maximum absolute atomic E-state index is 12.8. The summed E-state index contributed by atoms with van der Waals surface area (Å²) >= 11 is 3.51. The molecule has 2 N–H and O–H groups in total. The number of hydrogen-bond donors (Lipinski definition) is 2. The number of nitrogens with one attached hydrogen (secondary N) is 2. The van der Waals surface area contributed by atoms with E-state index >= 15 is 0 Å². The zero-order valence-corrected chi connectivity index (χ0v) is 17.6. The van der Waals surface area contributed by atoms with Crippen LogP contribution in [0.1, 0.15) is 46.8 Å². The Bertz CT molecular complexity index is 751. The van der Waals surface area contributed by atoms with Crippen LogP contribution in [-0.4, -0.2) is 31.0 Å². The number of rotatable bonds is 6. The highest BCUT2D eigenvalue weighted by Gasteiger charge is 2.29. The minimum absolute atomic E-state index is 0. The smallest absolute Gasteiger partial charge is 0.252 e. The third-order valence-corrected chi connectivity index (χ3v) is 4.80. The summed E-state index contributed by atoms with van der Waals surface area (Å²) in [6.07, 6.45) is 3.28. The van der Waals surface area contributed by atoms with Crippen molar-refractivity contribution in [3.8, 4) is 0 Å². The van der Waals surface area contributed by atoms with Gasteiger partial charge < -0.3 is 10.6 Å². The van der Waals surface area contributed by atoms with E-state index in [1.807, 2.05) is 32.2 Å². The van der Waals surface area contributed by atoms with Crippen molar-refractivity contribution in [2.45, 2.75) is 32.1 Å². The first-order valence-corrected chi connectivity index (χ1v) is 8.93. The van der Waals surface area contributed by atoms with Gasteiger partial charge in [0.05, 0.1) is 11.1 Å². The summed E-state index contributed by atoms with van der Waals surface area (Å²) in [5, 5.41) is 7.07. The fourth-order valence-corrected chi connectivity index (χ4v) is 3.31. The monoisotopic (exact) mass is 447 g/mol. The molecule has 2 aromatic rings. The van der Waals surface area contributed by atoms with Gasteiger partial charge >= 0.3 is 0 Å². The van der Waals surface area contributed by atoms with Gasteiger partial charge in [-0.25, -0.2) is 0 Å². The van der Waals surface area contributed by atoms with Gasteiger partial charge in [-0.1, -0.05) is 15.9 Å². The van der Waals surface area contributed by atoms with Crippen molar-refractivity contribution in [2.75, 3.05) is 20.1 Å². The molecule has 138 valence electrons. The largest absolute Gasteiger partial charge is 0.352 e. The summed E-state index contributed by atoms with van der Waals surface area (Å²) in [6, 6.07) is 5.97. The zero-order valence-electron chi connectivity index (χ0n) is 14.4. The van der Waals surface area contributed by atoms with E-state index in [4.69, 9.17) is 4.98 Å². The molecule has 0 atom stereocenters. The van der Waals surface area contributed by atoms with Gasteiger partial charge in [-0.05, 0) is 63.5 Å². The molecule has 25 heavy (non-hydrogen) atoms. The molecular formula is C18H24BrCl2N3O. The molecule has 1 aromatic heterocycles.